The Balaban J connectivity index is 2.13. The first kappa shape index (κ1) is 14.4. The van der Waals surface area contributed by atoms with Gasteiger partial charge in [-0.2, -0.15) is 0 Å². The molecule has 21 heavy (non-hydrogen) atoms. The van der Waals surface area contributed by atoms with Crippen molar-refractivity contribution in [2.24, 2.45) is 5.92 Å². The Morgan fingerprint density at radius 2 is 1.86 bits per heavy atom. The molecule has 2 rings (SSSR count). The summed E-state index contributed by atoms with van der Waals surface area (Å²) in [5.74, 6) is -3.50. The smallest absolute Gasteiger partial charge is 0.328 e. The van der Waals surface area contributed by atoms with Crippen LogP contribution in [0.1, 0.15) is 5.56 Å². The van der Waals surface area contributed by atoms with E-state index in [1.807, 2.05) is 10.6 Å². The molecule has 108 valence electrons. The van der Waals surface area contributed by atoms with Crippen LogP contribution in [0.4, 0.5) is 4.79 Å². The van der Waals surface area contributed by atoms with Crippen molar-refractivity contribution in [3.63, 3.8) is 0 Å². The first-order chi connectivity index (χ1) is 10.0. The number of urea groups is 1. The largest absolute Gasteiger partial charge is 0.497 e. The Labute approximate surface area is 120 Å². The summed E-state index contributed by atoms with van der Waals surface area (Å²) >= 11 is 0. The van der Waals surface area contributed by atoms with Crippen LogP contribution >= 0.6 is 0 Å². The molecule has 0 bridgehead atoms. The minimum absolute atomic E-state index is 0.614. The van der Waals surface area contributed by atoms with Gasteiger partial charge in [0, 0.05) is 0 Å². The average molecular weight is 288 g/mol. The molecule has 0 atom stereocenters. The quantitative estimate of drug-likeness (QED) is 0.611. The number of hydrogen-bond acceptors (Lipinski definition) is 5. The Morgan fingerprint density at radius 1 is 1.19 bits per heavy atom. The summed E-state index contributed by atoms with van der Waals surface area (Å²) in [5, 5.41) is 3.75. The fourth-order valence-corrected chi connectivity index (χ4v) is 1.80. The second-order valence-electron chi connectivity index (χ2n) is 4.25. The van der Waals surface area contributed by atoms with Crippen molar-refractivity contribution < 1.29 is 23.9 Å². The van der Waals surface area contributed by atoms with E-state index in [4.69, 9.17) is 4.74 Å². The molecule has 4 amide bonds. The molecular formula is C14H12N2O5. The number of allylic oxidation sites excluding steroid dienone is 1. The van der Waals surface area contributed by atoms with E-state index in [1.54, 1.807) is 24.3 Å². The molecule has 0 spiro atoms. The van der Waals surface area contributed by atoms with Crippen LogP contribution in [-0.4, -0.2) is 30.7 Å². The number of ether oxygens (including phenoxy) is 1. The number of amides is 4. The molecule has 7 heteroatoms. The van der Waals surface area contributed by atoms with Crippen molar-refractivity contribution in [1.29, 1.82) is 0 Å². The molecule has 0 unspecified atom stereocenters. The van der Waals surface area contributed by atoms with E-state index in [2.05, 4.69) is 0 Å². The van der Waals surface area contributed by atoms with Crippen LogP contribution in [0, 0.1) is 5.92 Å². The molecule has 1 saturated heterocycles. The van der Waals surface area contributed by atoms with Gasteiger partial charge in [0.2, 0.25) is 11.8 Å². The molecule has 0 aliphatic carbocycles. The van der Waals surface area contributed by atoms with Crippen LogP contribution in [0.15, 0.2) is 30.3 Å². The van der Waals surface area contributed by atoms with Crippen LogP contribution in [0.5, 0.6) is 5.75 Å². The lowest BCUT2D eigenvalue weighted by molar-refractivity contribution is -0.140. The van der Waals surface area contributed by atoms with E-state index in [-0.39, 0.29) is 0 Å². The Kier molecular flexibility index (Phi) is 4.13. The van der Waals surface area contributed by atoms with Gasteiger partial charge in [0.15, 0.2) is 11.7 Å². The van der Waals surface area contributed by atoms with E-state index in [0.717, 1.165) is 6.08 Å². The topological polar surface area (TPSA) is 102 Å². The zero-order chi connectivity index (χ0) is 15.4. The van der Waals surface area contributed by atoms with Crippen molar-refractivity contribution in [3.05, 3.63) is 35.9 Å². The zero-order valence-corrected chi connectivity index (χ0v) is 11.1. The van der Waals surface area contributed by atoms with Gasteiger partial charge < -0.3 is 4.74 Å². The number of carbonyl (C=O) groups is 4. The van der Waals surface area contributed by atoms with E-state index < -0.39 is 29.5 Å². The highest BCUT2D eigenvalue weighted by molar-refractivity contribution is 6.28. The number of benzene rings is 1. The number of hydrogen-bond donors (Lipinski definition) is 2. The van der Waals surface area contributed by atoms with Crippen LogP contribution < -0.4 is 15.4 Å². The Bertz CT molecular complexity index is 631. The van der Waals surface area contributed by atoms with E-state index in [9.17, 15) is 19.2 Å². The number of imide groups is 2. The standard InChI is InChI=1S/C14H12N2O5/c1-21-9-4-2-3-8(7-9)5-6-10(17)11-12(18)15-14(20)16-13(11)19/h2-7,11H,1H3,(H2,15,16,18,19,20)/b6-5+. The first-order valence-electron chi connectivity index (χ1n) is 6.03. The molecule has 0 radical (unpaired) electrons. The summed E-state index contributed by atoms with van der Waals surface area (Å²) in [6, 6.07) is 5.98. The van der Waals surface area contributed by atoms with Crippen molar-refractivity contribution in [3.8, 4) is 5.75 Å². The molecule has 7 nitrogen and oxygen atoms in total. The Morgan fingerprint density at radius 3 is 2.48 bits per heavy atom. The van der Waals surface area contributed by atoms with Gasteiger partial charge in [-0.15, -0.1) is 0 Å². The molecule has 0 saturated carbocycles. The van der Waals surface area contributed by atoms with E-state index in [0.29, 0.717) is 11.3 Å². The van der Waals surface area contributed by atoms with Gasteiger partial charge in [0.1, 0.15) is 5.75 Å². The van der Waals surface area contributed by atoms with E-state index >= 15 is 0 Å². The third kappa shape index (κ3) is 3.33. The highest BCUT2D eigenvalue weighted by Gasteiger charge is 2.38. The molecule has 0 aromatic heterocycles. The number of carbonyl (C=O) groups excluding carboxylic acids is 4. The van der Waals surface area contributed by atoms with Gasteiger partial charge in [-0.3, -0.25) is 25.0 Å². The van der Waals surface area contributed by atoms with Crippen LogP contribution in [0.3, 0.4) is 0 Å². The number of rotatable bonds is 4. The van der Waals surface area contributed by atoms with Crippen LogP contribution in [0.25, 0.3) is 6.08 Å². The summed E-state index contributed by atoms with van der Waals surface area (Å²) in [4.78, 5) is 45.8. The van der Waals surface area contributed by atoms with Gasteiger partial charge in [0.25, 0.3) is 0 Å². The molecule has 1 aromatic carbocycles. The molecule has 1 fully saturated rings. The number of methoxy groups -OCH3 is 1. The predicted molar refractivity (Wildman–Crippen MR) is 72.2 cm³/mol. The molecule has 1 aromatic rings. The first-order valence-corrected chi connectivity index (χ1v) is 6.03. The fourth-order valence-electron chi connectivity index (χ4n) is 1.80. The molecule has 1 aliphatic heterocycles. The maximum Gasteiger partial charge on any atom is 0.328 e. The fraction of sp³-hybridized carbons (Fsp3) is 0.143. The van der Waals surface area contributed by atoms with Gasteiger partial charge in [-0.25, -0.2) is 4.79 Å². The predicted octanol–water partition coefficient (Wildman–Crippen LogP) is 0.260. The van der Waals surface area contributed by atoms with E-state index in [1.165, 1.54) is 13.2 Å². The van der Waals surface area contributed by atoms with Crippen molar-refractivity contribution >= 4 is 29.7 Å². The molecule has 2 N–H and O–H groups in total. The van der Waals surface area contributed by atoms with Crippen molar-refractivity contribution in [1.82, 2.24) is 10.6 Å². The lowest BCUT2D eigenvalue weighted by Crippen LogP contribution is -2.57. The molecule has 1 aliphatic rings. The van der Waals surface area contributed by atoms with Gasteiger partial charge in [-0.05, 0) is 23.8 Å². The number of nitrogens with one attached hydrogen (secondary N) is 2. The summed E-state index contributed by atoms with van der Waals surface area (Å²) in [6.07, 6.45) is 2.58. The normalized spacial score (nSPS) is 15.8. The van der Waals surface area contributed by atoms with Crippen molar-refractivity contribution in [2.75, 3.05) is 7.11 Å². The maximum atomic E-state index is 11.9. The summed E-state index contributed by atoms with van der Waals surface area (Å²) in [6.45, 7) is 0. The average Bonchev–Trinajstić information content (AvgIpc) is 2.44. The molecular weight excluding hydrogens is 276 g/mol. The Hall–Kier alpha value is -2.96. The summed E-state index contributed by atoms with van der Waals surface area (Å²) < 4.78 is 5.04. The summed E-state index contributed by atoms with van der Waals surface area (Å²) in [5.41, 5.74) is 0.676. The summed E-state index contributed by atoms with van der Waals surface area (Å²) in [7, 11) is 1.52. The lowest BCUT2D eigenvalue weighted by atomic mass is 9.99. The monoisotopic (exact) mass is 288 g/mol. The lowest BCUT2D eigenvalue weighted by Gasteiger charge is -2.18. The SMILES string of the molecule is COc1cccc(/C=C/C(=O)C2C(=O)NC(=O)NC2=O)c1. The minimum Gasteiger partial charge on any atom is -0.497 e. The van der Waals surface area contributed by atoms with Crippen LogP contribution in [-0.2, 0) is 14.4 Å². The maximum absolute atomic E-state index is 11.9. The third-order valence-corrected chi connectivity index (χ3v) is 2.82. The highest BCUT2D eigenvalue weighted by Crippen LogP contribution is 2.14. The van der Waals surface area contributed by atoms with Crippen LogP contribution in [0.2, 0.25) is 0 Å². The van der Waals surface area contributed by atoms with Gasteiger partial charge >= 0.3 is 6.03 Å². The third-order valence-electron chi connectivity index (χ3n) is 2.82. The number of barbiturate groups is 1. The van der Waals surface area contributed by atoms with Crippen molar-refractivity contribution in [2.45, 2.75) is 0 Å². The second kappa shape index (κ2) is 6.00. The highest BCUT2D eigenvalue weighted by atomic mass is 16.5. The van der Waals surface area contributed by atoms with Gasteiger partial charge in [0.05, 0.1) is 7.11 Å². The second-order valence-corrected chi connectivity index (χ2v) is 4.25. The van der Waals surface area contributed by atoms with Gasteiger partial charge in [-0.1, -0.05) is 18.2 Å². The molecule has 1 heterocycles. The zero-order valence-electron chi connectivity index (χ0n) is 11.1. The number of ketones is 1. The minimum atomic E-state index is -1.55.